The predicted octanol–water partition coefficient (Wildman–Crippen LogP) is 3.04. The van der Waals surface area contributed by atoms with Crippen molar-refractivity contribution in [2.75, 3.05) is 26.7 Å². The van der Waals surface area contributed by atoms with Crippen LogP contribution in [0.1, 0.15) is 59.3 Å². The third-order valence-electron chi connectivity index (χ3n) is 5.89. The second-order valence-corrected chi connectivity index (χ2v) is 6.86. The lowest BCUT2D eigenvalue weighted by atomic mass is 9.60. The van der Waals surface area contributed by atoms with Crippen LogP contribution in [0.2, 0.25) is 0 Å². The fourth-order valence-electron chi connectivity index (χ4n) is 4.12. The molecule has 3 atom stereocenters. The molecule has 0 heterocycles. The smallest absolute Gasteiger partial charge is 0.0661 e. The maximum Gasteiger partial charge on any atom is 0.0661 e. The van der Waals surface area contributed by atoms with E-state index in [0.717, 1.165) is 19.7 Å². The zero-order chi connectivity index (χ0) is 14.6. The van der Waals surface area contributed by atoms with E-state index >= 15 is 0 Å². The number of nitrogens with zero attached hydrogens (tertiary/aromatic N) is 1. The van der Waals surface area contributed by atoms with Gasteiger partial charge in [0.15, 0.2) is 0 Å². The van der Waals surface area contributed by atoms with Gasteiger partial charge < -0.3 is 15.0 Å². The molecule has 2 saturated carbocycles. The first-order valence-electron chi connectivity index (χ1n) is 8.69. The molecule has 2 aliphatic rings. The normalized spacial score (nSPS) is 29.9. The van der Waals surface area contributed by atoms with Gasteiger partial charge in [-0.3, -0.25) is 0 Å². The number of ether oxygens (including phenoxy) is 1. The van der Waals surface area contributed by atoms with Crippen LogP contribution in [0, 0.1) is 5.41 Å². The third-order valence-corrected chi connectivity index (χ3v) is 5.89. The van der Waals surface area contributed by atoms with E-state index < -0.39 is 0 Å². The summed E-state index contributed by atoms with van der Waals surface area (Å²) in [6.07, 6.45) is 8.52. The summed E-state index contributed by atoms with van der Waals surface area (Å²) in [7, 11) is 2.24. The minimum Gasteiger partial charge on any atom is -0.378 e. The second-order valence-electron chi connectivity index (χ2n) is 6.86. The van der Waals surface area contributed by atoms with Crippen molar-refractivity contribution in [1.29, 1.82) is 0 Å². The molecule has 2 aliphatic carbocycles. The molecule has 0 aromatic carbocycles. The van der Waals surface area contributed by atoms with Crippen LogP contribution in [0.5, 0.6) is 0 Å². The third kappa shape index (κ3) is 3.20. The molecular weight excluding hydrogens is 248 g/mol. The lowest BCUT2D eigenvalue weighted by Crippen LogP contribution is -2.63. The highest BCUT2D eigenvalue weighted by atomic mass is 16.5. The molecule has 0 aliphatic heterocycles. The standard InChI is InChI=1S/C17H34N2O/c1-5-14(3)19(4)12-11-18-15-13-16(20-6-2)17(15)9-7-8-10-17/h14-16,18H,5-13H2,1-4H3. The zero-order valence-corrected chi connectivity index (χ0v) is 14.0. The second kappa shape index (κ2) is 7.24. The first-order chi connectivity index (χ1) is 9.64. The monoisotopic (exact) mass is 282 g/mol. The van der Waals surface area contributed by atoms with Gasteiger partial charge in [-0.2, -0.15) is 0 Å². The Labute approximate surface area is 125 Å². The summed E-state index contributed by atoms with van der Waals surface area (Å²) in [5.74, 6) is 0. The van der Waals surface area contributed by atoms with Gasteiger partial charge in [0.2, 0.25) is 0 Å². The van der Waals surface area contributed by atoms with E-state index in [2.05, 4.69) is 38.0 Å². The van der Waals surface area contributed by atoms with Gasteiger partial charge in [-0.05, 0) is 46.6 Å². The van der Waals surface area contributed by atoms with Gasteiger partial charge in [-0.1, -0.05) is 19.8 Å². The maximum atomic E-state index is 5.98. The Hall–Kier alpha value is -0.120. The topological polar surface area (TPSA) is 24.5 Å². The van der Waals surface area contributed by atoms with Crippen LogP contribution >= 0.6 is 0 Å². The van der Waals surface area contributed by atoms with Crippen LogP contribution in [0.3, 0.4) is 0 Å². The molecule has 0 saturated heterocycles. The minimum absolute atomic E-state index is 0.477. The fourth-order valence-corrected chi connectivity index (χ4v) is 4.12. The Morgan fingerprint density at radius 3 is 2.60 bits per heavy atom. The first kappa shape index (κ1) is 16.3. The molecule has 3 nitrogen and oxygen atoms in total. The molecule has 2 rings (SSSR count). The molecule has 0 amide bonds. The molecule has 1 N–H and O–H groups in total. The van der Waals surface area contributed by atoms with Gasteiger partial charge in [0.05, 0.1) is 6.10 Å². The Balaban J connectivity index is 1.76. The van der Waals surface area contributed by atoms with Crippen molar-refractivity contribution in [3.8, 4) is 0 Å². The van der Waals surface area contributed by atoms with Crippen LogP contribution in [0.15, 0.2) is 0 Å². The first-order valence-corrected chi connectivity index (χ1v) is 8.69. The molecule has 0 aromatic heterocycles. The quantitative estimate of drug-likeness (QED) is 0.740. The molecule has 0 radical (unpaired) electrons. The Kier molecular flexibility index (Phi) is 5.88. The van der Waals surface area contributed by atoms with Crippen molar-refractivity contribution >= 4 is 0 Å². The maximum absolute atomic E-state index is 5.98. The Bertz CT molecular complexity index is 289. The molecule has 0 bridgehead atoms. The zero-order valence-electron chi connectivity index (χ0n) is 14.0. The average Bonchev–Trinajstić information content (AvgIpc) is 2.96. The highest BCUT2D eigenvalue weighted by molar-refractivity contribution is 5.09. The van der Waals surface area contributed by atoms with Crippen LogP contribution in [0.4, 0.5) is 0 Å². The molecule has 2 fully saturated rings. The number of likely N-dealkylation sites (N-methyl/N-ethyl adjacent to an activating group) is 1. The van der Waals surface area contributed by atoms with Gasteiger partial charge in [0.25, 0.3) is 0 Å². The number of nitrogens with one attached hydrogen (secondary N) is 1. The van der Waals surface area contributed by atoms with E-state index in [1.165, 1.54) is 38.5 Å². The van der Waals surface area contributed by atoms with E-state index in [1.807, 2.05) is 0 Å². The van der Waals surface area contributed by atoms with Gasteiger partial charge in [-0.25, -0.2) is 0 Å². The van der Waals surface area contributed by atoms with Crippen LogP contribution in [-0.2, 0) is 4.74 Å². The van der Waals surface area contributed by atoms with Crippen molar-refractivity contribution in [1.82, 2.24) is 10.2 Å². The van der Waals surface area contributed by atoms with Gasteiger partial charge in [0.1, 0.15) is 0 Å². The number of hydrogen-bond acceptors (Lipinski definition) is 3. The molecular formula is C17H34N2O. The summed E-state index contributed by atoms with van der Waals surface area (Å²) < 4.78 is 5.98. The molecule has 0 aromatic rings. The van der Waals surface area contributed by atoms with E-state index in [0.29, 0.717) is 23.6 Å². The Morgan fingerprint density at radius 2 is 2.00 bits per heavy atom. The van der Waals surface area contributed by atoms with E-state index in [1.54, 1.807) is 0 Å². The SMILES string of the molecule is CCOC1CC(NCCN(C)C(C)CC)C12CCCC2. The molecule has 1 spiro atoms. The molecule has 118 valence electrons. The summed E-state index contributed by atoms with van der Waals surface area (Å²) in [6, 6.07) is 1.39. The van der Waals surface area contributed by atoms with E-state index in [9.17, 15) is 0 Å². The summed E-state index contributed by atoms with van der Waals surface area (Å²) in [4.78, 5) is 2.47. The highest BCUT2D eigenvalue weighted by Crippen LogP contribution is 2.54. The minimum atomic E-state index is 0.477. The van der Waals surface area contributed by atoms with Crippen LogP contribution < -0.4 is 5.32 Å². The predicted molar refractivity (Wildman–Crippen MR) is 85.1 cm³/mol. The summed E-state index contributed by atoms with van der Waals surface area (Å²) in [5, 5.41) is 3.83. The molecule has 3 heteroatoms. The molecule has 20 heavy (non-hydrogen) atoms. The number of hydrogen-bond donors (Lipinski definition) is 1. The van der Waals surface area contributed by atoms with Crippen molar-refractivity contribution in [3.05, 3.63) is 0 Å². The summed E-state index contributed by atoms with van der Waals surface area (Å²) in [6.45, 7) is 9.85. The fraction of sp³-hybridized carbons (Fsp3) is 1.00. The highest BCUT2D eigenvalue weighted by Gasteiger charge is 2.56. The van der Waals surface area contributed by atoms with Crippen LogP contribution in [-0.4, -0.2) is 49.8 Å². The van der Waals surface area contributed by atoms with Crippen molar-refractivity contribution in [3.63, 3.8) is 0 Å². The Morgan fingerprint density at radius 1 is 1.30 bits per heavy atom. The average molecular weight is 282 g/mol. The van der Waals surface area contributed by atoms with Crippen molar-refractivity contribution < 1.29 is 4.74 Å². The van der Waals surface area contributed by atoms with E-state index in [-0.39, 0.29) is 0 Å². The lowest BCUT2D eigenvalue weighted by Gasteiger charge is -2.54. The van der Waals surface area contributed by atoms with Gasteiger partial charge in [-0.15, -0.1) is 0 Å². The van der Waals surface area contributed by atoms with Gasteiger partial charge in [0, 0.05) is 37.2 Å². The summed E-state index contributed by atoms with van der Waals surface area (Å²) >= 11 is 0. The largest absolute Gasteiger partial charge is 0.378 e. The van der Waals surface area contributed by atoms with Crippen molar-refractivity contribution in [2.24, 2.45) is 5.41 Å². The number of rotatable bonds is 8. The van der Waals surface area contributed by atoms with E-state index in [4.69, 9.17) is 4.74 Å². The van der Waals surface area contributed by atoms with Crippen LogP contribution in [0.25, 0.3) is 0 Å². The van der Waals surface area contributed by atoms with Crippen molar-refractivity contribution in [2.45, 2.75) is 77.5 Å². The summed E-state index contributed by atoms with van der Waals surface area (Å²) in [5.41, 5.74) is 0.477. The molecule has 3 unspecified atom stereocenters. The van der Waals surface area contributed by atoms with Gasteiger partial charge >= 0.3 is 0 Å². The lowest BCUT2D eigenvalue weighted by molar-refractivity contribution is -0.130.